The number of aromatic nitrogens is 2. The lowest BCUT2D eigenvalue weighted by Gasteiger charge is -2.18. The SMILES string of the molecule is COc1cc(CNC[C@H]2CCO[C@H]2c2cnn(C)c2)cc2c1OCO2. The third-order valence-corrected chi connectivity index (χ3v) is 4.72. The van der Waals surface area contributed by atoms with Gasteiger partial charge in [-0.1, -0.05) is 0 Å². The Labute approximate surface area is 146 Å². The fourth-order valence-electron chi connectivity index (χ4n) is 3.49. The maximum absolute atomic E-state index is 5.91. The van der Waals surface area contributed by atoms with Gasteiger partial charge in [0.2, 0.25) is 12.5 Å². The quantitative estimate of drug-likeness (QED) is 0.864. The zero-order valence-electron chi connectivity index (χ0n) is 14.5. The van der Waals surface area contributed by atoms with Crippen molar-refractivity contribution in [1.29, 1.82) is 0 Å². The van der Waals surface area contributed by atoms with Crippen molar-refractivity contribution in [2.75, 3.05) is 27.1 Å². The molecule has 25 heavy (non-hydrogen) atoms. The molecule has 1 aromatic carbocycles. The normalized spacial score (nSPS) is 21.7. The van der Waals surface area contributed by atoms with Crippen LogP contribution in [0, 0.1) is 5.92 Å². The number of ether oxygens (including phenoxy) is 4. The highest BCUT2D eigenvalue weighted by molar-refractivity contribution is 5.55. The predicted octanol–water partition coefficient (Wildman–Crippen LogP) is 2.02. The average Bonchev–Trinajstić information content (AvgIpc) is 3.34. The summed E-state index contributed by atoms with van der Waals surface area (Å²) in [5.74, 6) is 2.59. The zero-order valence-corrected chi connectivity index (χ0v) is 14.5. The lowest BCUT2D eigenvalue weighted by atomic mass is 9.97. The standard InChI is InChI=1S/C18H23N3O4/c1-21-10-14(9-20-21)17-13(3-4-23-17)8-19-7-12-5-15(22-2)18-16(6-12)24-11-25-18/h5-6,9-10,13,17,19H,3-4,7-8,11H2,1-2H3/t13-,17-/m1/s1. The molecule has 2 aliphatic heterocycles. The molecule has 0 amide bonds. The molecule has 1 saturated heterocycles. The summed E-state index contributed by atoms with van der Waals surface area (Å²) >= 11 is 0. The van der Waals surface area contributed by atoms with Crippen molar-refractivity contribution in [3.63, 3.8) is 0 Å². The fourth-order valence-corrected chi connectivity index (χ4v) is 3.49. The monoisotopic (exact) mass is 345 g/mol. The molecule has 0 saturated carbocycles. The summed E-state index contributed by atoms with van der Waals surface area (Å²) in [4.78, 5) is 0. The van der Waals surface area contributed by atoms with Crippen LogP contribution in [0.5, 0.6) is 17.2 Å². The second-order valence-electron chi connectivity index (χ2n) is 6.45. The average molecular weight is 345 g/mol. The van der Waals surface area contributed by atoms with E-state index in [2.05, 4.69) is 10.4 Å². The number of hydrogen-bond donors (Lipinski definition) is 1. The van der Waals surface area contributed by atoms with Gasteiger partial charge in [0.25, 0.3) is 0 Å². The molecule has 2 aliphatic rings. The Hall–Kier alpha value is -2.25. The minimum absolute atomic E-state index is 0.118. The highest BCUT2D eigenvalue weighted by Gasteiger charge is 2.30. The van der Waals surface area contributed by atoms with Gasteiger partial charge in [-0.2, -0.15) is 5.10 Å². The van der Waals surface area contributed by atoms with Crippen molar-refractivity contribution in [3.8, 4) is 17.2 Å². The molecule has 0 radical (unpaired) electrons. The highest BCUT2D eigenvalue weighted by atomic mass is 16.7. The van der Waals surface area contributed by atoms with Crippen molar-refractivity contribution < 1.29 is 18.9 Å². The Kier molecular flexibility index (Phi) is 4.50. The van der Waals surface area contributed by atoms with E-state index in [0.29, 0.717) is 17.4 Å². The number of rotatable bonds is 6. The van der Waals surface area contributed by atoms with Gasteiger partial charge in [0.1, 0.15) is 0 Å². The van der Waals surface area contributed by atoms with Crippen LogP contribution >= 0.6 is 0 Å². The first-order valence-corrected chi connectivity index (χ1v) is 8.52. The number of nitrogens with zero attached hydrogens (tertiary/aromatic N) is 2. The molecule has 2 atom stereocenters. The Bertz CT molecular complexity index is 746. The van der Waals surface area contributed by atoms with Gasteiger partial charge in [0.05, 0.1) is 19.4 Å². The smallest absolute Gasteiger partial charge is 0.231 e. The molecule has 0 unspecified atom stereocenters. The summed E-state index contributed by atoms with van der Waals surface area (Å²) in [6, 6.07) is 3.99. The fraction of sp³-hybridized carbons (Fsp3) is 0.500. The van der Waals surface area contributed by atoms with E-state index in [1.54, 1.807) is 7.11 Å². The molecule has 1 fully saturated rings. The first kappa shape index (κ1) is 16.2. The van der Waals surface area contributed by atoms with E-state index >= 15 is 0 Å². The van der Waals surface area contributed by atoms with E-state index in [4.69, 9.17) is 18.9 Å². The van der Waals surface area contributed by atoms with Crippen molar-refractivity contribution in [2.45, 2.75) is 19.1 Å². The maximum Gasteiger partial charge on any atom is 0.231 e. The third kappa shape index (κ3) is 3.29. The topological polar surface area (TPSA) is 66.8 Å². The van der Waals surface area contributed by atoms with E-state index in [-0.39, 0.29) is 12.9 Å². The first-order chi connectivity index (χ1) is 12.2. The molecular weight excluding hydrogens is 322 g/mol. The van der Waals surface area contributed by atoms with E-state index in [0.717, 1.165) is 43.0 Å². The van der Waals surface area contributed by atoms with Gasteiger partial charge >= 0.3 is 0 Å². The number of methoxy groups -OCH3 is 1. The maximum atomic E-state index is 5.91. The van der Waals surface area contributed by atoms with Crippen LogP contribution < -0.4 is 19.5 Å². The Morgan fingerprint density at radius 1 is 1.36 bits per heavy atom. The van der Waals surface area contributed by atoms with Crippen LogP contribution in [-0.2, 0) is 18.3 Å². The van der Waals surface area contributed by atoms with E-state index in [1.165, 1.54) is 0 Å². The molecule has 7 nitrogen and oxygen atoms in total. The zero-order chi connectivity index (χ0) is 17.2. The summed E-state index contributed by atoms with van der Waals surface area (Å²) in [5.41, 5.74) is 2.26. The molecule has 7 heteroatoms. The van der Waals surface area contributed by atoms with Gasteiger partial charge in [-0.3, -0.25) is 4.68 Å². The largest absolute Gasteiger partial charge is 0.493 e. The molecule has 4 rings (SSSR count). The number of hydrogen-bond acceptors (Lipinski definition) is 6. The number of nitrogens with one attached hydrogen (secondary N) is 1. The van der Waals surface area contributed by atoms with Crippen molar-refractivity contribution >= 4 is 0 Å². The van der Waals surface area contributed by atoms with Crippen LogP contribution in [0.2, 0.25) is 0 Å². The van der Waals surface area contributed by atoms with Gasteiger partial charge in [-0.25, -0.2) is 0 Å². The summed E-state index contributed by atoms with van der Waals surface area (Å²) in [7, 11) is 3.57. The number of fused-ring (bicyclic) bond motifs is 1. The molecule has 134 valence electrons. The van der Waals surface area contributed by atoms with Crippen molar-refractivity contribution in [2.24, 2.45) is 13.0 Å². The molecule has 1 N–H and O–H groups in total. The first-order valence-electron chi connectivity index (χ1n) is 8.52. The lowest BCUT2D eigenvalue weighted by molar-refractivity contribution is 0.0904. The molecule has 0 spiro atoms. The molecule has 0 aliphatic carbocycles. The second kappa shape index (κ2) is 6.93. The Balaban J connectivity index is 1.37. The summed E-state index contributed by atoms with van der Waals surface area (Å²) in [6.45, 7) is 2.66. The van der Waals surface area contributed by atoms with Gasteiger partial charge in [0, 0.05) is 44.4 Å². The van der Waals surface area contributed by atoms with Gasteiger partial charge in [0.15, 0.2) is 11.5 Å². The molecule has 2 aromatic rings. The number of aryl methyl sites for hydroxylation is 1. The van der Waals surface area contributed by atoms with Gasteiger partial charge in [-0.05, 0) is 24.1 Å². The highest BCUT2D eigenvalue weighted by Crippen LogP contribution is 2.41. The molecule has 0 bridgehead atoms. The molecule has 3 heterocycles. The molecule has 1 aromatic heterocycles. The van der Waals surface area contributed by atoms with Crippen LogP contribution in [0.4, 0.5) is 0 Å². The van der Waals surface area contributed by atoms with Crippen LogP contribution in [0.15, 0.2) is 24.5 Å². The van der Waals surface area contributed by atoms with Gasteiger partial charge in [-0.15, -0.1) is 0 Å². The minimum Gasteiger partial charge on any atom is -0.493 e. The summed E-state index contributed by atoms with van der Waals surface area (Å²) in [6.07, 6.45) is 5.10. The predicted molar refractivity (Wildman–Crippen MR) is 90.8 cm³/mol. The van der Waals surface area contributed by atoms with Crippen LogP contribution in [0.25, 0.3) is 0 Å². The third-order valence-electron chi connectivity index (χ3n) is 4.72. The summed E-state index contributed by atoms with van der Waals surface area (Å²) in [5, 5.41) is 7.79. The van der Waals surface area contributed by atoms with Crippen molar-refractivity contribution in [1.82, 2.24) is 15.1 Å². The Morgan fingerprint density at radius 3 is 3.08 bits per heavy atom. The lowest BCUT2D eigenvalue weighted by Crippen LogP contribution is -2.24. The van der Waals surface area contributed by atoms with E-state index in [9.17, 15) is 0 Å². The van der Waals surface area contributed by atoms with E-state index in [1.807, 2.05) is 36.3 Å². The van der Waals surface area contributed by atoms with Crippen LogP contribution in [-0.4, -0.2) is 36.8 Å². The minimum atomic E-state index is 0.118. The Morgan fingerprint density at radius 2 is 2.28 bits per heavy atom. The van der Waals surface area contributed by atoms with Crippen LogP contribution in [0.1, 0.15) is 23.7 Å². The summed E-state index contributed by atoms with van der Waals surface area (Å²) < 4.78 is 24.0. The molecular formula is C18H23N3O4. The van der Waals surface area contributed by atoms with Crippen molar-refractivity contribution in [3.05, 3.63) is 35.7 Å². The van der Waals surface area contributed by atoms with E-state index < -0.39 is 0 Å². The number of benzene rings is 1. The van der Waals surface area contributed by atoms with Crippen LogP contribution in [0.3, 0.4) is 0 Å². The van der Waals surface area contributed by atoms with Gasteiger partial charge < -0.3 is 24.3 Å². The second-order valence-corrected chi connectivity index (χ2v) is 6.45.